The average molecular weight is 527 g/mol. The van der Waals surface area contributed by atoms with Crippen LogP contribution in [0.15, 0.2) is 76.8 Å². The van der Waals surface area contributed by atoms with E-state index in [4.69, 9.17) is 9.84 Å². The summed E-state index contributed by atoms with van der Waals surface area (Å²) in [6.07, 6.45) is 0.709. The predicted octanol–water partition coefficient (Wildman–Crippen LogP) is 5.80. The molecule has 2 amide bonds. The molecule has 2 aliphatic rings. The highest BCUT2D eigenvalue weighted by atomic mass is 32.2. The SMILES string of the molecule is COc1ccc(C2CC(c3ccc(C)cc3)=NN2C2=NC(=O)C(CC(=O)Nc3ccc(C)cc3C)S2)cc1. The first-order valence-corrected chi connectivity index (χ1v) is 13.4. The maximum absolute atomic E-state index is 12.9. The zero-order valence-corrected chi connectivity index (χ0v) is 22.7. The maximum atomic E-state index is 12.9. The van der Waals surface area contributed by atoms with Gasteiger partial charge in [-0.15, -0.1) is 0 Å². The molecular formula is C30H30N4O3S. The molecule has 2 atom stereocenters. The second kappa shape index (κ2) is 10.8. The minimum Gasteiger partial charge on any atom is -0.497 e. The van der Waals surface area contributed by atoms with Crippen LogP contribution in [0, 0.1) is 20.8 Å². The number of carbonyl (C=O) groups is 2. The Morgan fingerprint density at radius 2 is 1.74 bits per heavy atom. The van der Waals surface area contributed by atoms with Crippen molar-refractivity contribution in [2.24, 2.45) is 10.1 Å². The minimum absolute atomic E-state index is 0.0411. The Balaban J connectivity index is 1.35. The minimum atomic E-state index is -0.592. The topological polar surface area (TPSA) is 83.4 Å². The number of rotatable bonds is 6. The third kappa shape index (κ3) is 5.50. The van der Waals surface area contributed by atoms with Crippen molar-refractivity contribution in [3.05, 3.63) is 94.5 Å². The predicted molar refractivity (Wildman–Crippen MR) is 153 cm³/mol. The van der Waals surface area contributed by atoms with Crippen molar-refractivity contribution in [3.8, 4) is 5.75 Å². The number of aryl methyl sites for hydroxylation is 3. The van der Waals surface area contributed by atoms with Gasteiger partial charge in [-0.3, -0.25) is 9.59 Å². The fraction of sp³-hybridized carbons (Fsp3) is 0.267. The van der Waals surface area contributed by atoms with Gasteiger partial charge in [0.1, 0.15) is 11.0 Å². The number of hydrogen-bond acceptors (Lipinski definition) is 6. The fourth-order valence-corrected chi connectivity index (χ4v) is 5.68. The van der Waals surface area contributed by atoms with Gasteiger partial charge in [-0.2, -0.15) is 10.1 Å². The largest absolute Gasteiger partial charge is 0.497 e. The first-order chi connectivity index (χ1) is 18.3. The third-order valence-corrected chi connectivity index (χ3v) is 7.89. The van der Waals surface area contributed by atoms with Crippen LogP contribution < -0.4 is 10.1 Å². The molecule has 2 aliphatic heterocycles. The van der Waals surface area contributed by atoms with Gasteiger partial charge in [0, 0.05) is 18.5 Å². The van der Waals surface area contributed by atoms with Gasteiger partial charge in [-0.05, 0) is 55.7 Å². The summed E-state index contributed by atoms with van der Waals surface area (Å²) in [5.41, 5.74) is 7.06. The van der Waals surface area contributed by atoms with Gasteiger partial charge < -0.3 is 10.1 Å². The van der Waals surface area contributed by atoms with Crippen molar-refractivity contribution < 1.29 is 14.3 Å². The molecule has 38 heavy (non-hydrogen) atoms. The van der Waals surface area contributed by atoms with Crippen molar-refractivity contribution in [2.75, 3.05) is 12.4 Å². The summed E-state index contributed by atoms with van der Waals surface area (Å²) < 4.78 is 5.33. The van der Waals surface area contributed by atoms with E-state index < -0.39 is 5.25 Å². The van der Waals surface area contributed by atoms with E-state index in [9.17, 15) is 9.59 Å². The highest BCUT2D eigenvalue weighted by Gasteiger charge is 2.39. The molecule has 0 aliphatic carbocycles. The molecule has 0 aromatic heterocycles. The molecule has 3 aromatic carbocycles. The highest BCUT2D eigenvalue weighted by Crippen LogP contribution is 2.39. The first-order valence-electron chi connectivity index (χ1n) is 12.5. The van der Waals surface area contributed by atoms with Crippen molar-refractivity contribution in [1.29, 1.82) is 0 Å². The number of carbonyl (C=O) groups excluding carboxylic acids is 2. The molecule has 0 bridgehead atoms. The number of benzene rings is 3. The molecule has 3 aromatic rings. The number of methoxy groups -OCH3 is 1. The van der Waals surface area contributed by atoms with E-state index in [1.807, 2.05) is 61.3 Å². The first kappa shape index (κ1) is 25.7. The summed E-state index contributed by atoms with van der Waals surface area (Å²) in [5.74, 6) is 0.250. The van der Waals surface area contributed by atoms with Crippen molar-refractivity contribution >= 4 is 40.1 Å². The van der Waals surface area contributed by atoms with E-state index in [0.29, 0.717) is 11.6 Å². The lowest BCUT2D eigenvalue weighted by atomic mass is 9.98. The molecule has 2 heterocycles. The van der Waals surface area contributed by atoms with E-state index >= 15 is 0 Å². The molecule has 0 saturated carbocycles. The Labute approximate surface area is 227 Å². The molecule has 0 fully saturated rings. The van der Waals surface area contributed by atoms with Gasteiger partial charge >= 0.3 is 0 Å². The lowest BCUT2D eigenvalue weighted by Gasteiger charge is -2.23. The van der Waals surface area contributed by atoms with E-state index in [0.717, 1.165) is 39.4 Å². The van der Waals surface area contributed by atoms with Crippen LogP contribution in [0.2, 0.25) is 0 Å². The summed E-state index contributed by atoms with van der Waals surface area (Å²) in [7, 11) is 1.64. The molecule has 7 nitrogen and oxygen atoms in total. The Morgan fingerprint density at radius 3 is 2.42 bits per heavy atom. The van der Waals surface area contributed by atoms with Crippen LogP contribution in [-0.2, 0) is 9.59 Å². The van der Waals surface area contributed by atoms with Crippen molar-refractivity contribution in [3.63, 3.8) is 0 Å². The number of ether oxygens (including phenoxy) is 1. The number of amidine groups is 1. The summed E-state index contributed by atoms with van der Waals surface area (Å²) in [6.45, 7) is 6.02. The Kier molecular flexibility index (Phi) is 7.33. The van der Waals surface area contributed by atoms with E-state index in [1.54, 1.807) is 7.11 Å². The zero-order valence-electron chi connectivity index (χ0n) is 21.9. The number of hydrazone groups is 1. The van der Waals surface area contributed by atoms with Crippen LogP contribution >= 0.6 is 11.8 Å². The molecule has 194 valence electrons. The summed E-state index contributed by atoms with van der Waals surface area (Å²) in [4.78, 5) is 30.0. The Hall–Kier alpha value is -3.91. The highest BCUT2D eigenvalue weighted by molar-refractivity contribution is 8.15. The number of anilines is 1. The number of nitrogens with one attached hydrogen (secondary N) is 1. The number of thioether (sulfide) groups is 1. The van der Waals surface area contributed by atoms with E-state index in [1.165, 1.54) is 17.3 Å². The molecule has 8 heteroatoms. The van der Waals surface area contributed by atoms with E-state index in [-0.39, 0.29) is 24.3 Å². The van der Waals surface area contributed by atoms with Gasteiger partial charge in [0.25, 0.3) is 5.91 Å². The summed E-state index contributed by atoms with van der Waals surface area (Å²) >= 11 is 1.30. The van der Waals surface area contributed by atoms with Crippen molar-refractivity contribution in [1.82, 2.24) is 5.01 Å². The lowest BCUT2D eigenvalue weighted by molar-refractivity contribution is -0.121. The number of hydrogen-bond donors (Lipinski definition) is 1. The van der Waals surface area contributed by atoms with Crippen LogP contribution in [0.4, 0.5) is 5.69 Å². The summed E-state index contributed by atoms with van der Waals surface area (Å²) in [6, 6.07) is 21.9. The van der Waals surface area contributed by atoms with E-state index in [2.05, 4.69) is 41.5 Å². The number of amides is 2. The lowest BCUT2D eigenvalue weighted by Crippen LogP contribution is -2.25. The number of aliphatic imine (C=N–C) groups is 1. The van der Waals surface area contributed by atoms with Gasteiger partial charge in [-0.1, -0.05) is 71.4 Å². The van der Waals surface area contributed by atoms with Crippen molar-refractivity contribution in [2.45, 2.75) is 44.9 Å². The van der Waals surface area contributed by atoms with Gasteiger partial charge in [0.05, 0.1) is 18.9 Å². The molecule has 0 saturated heterocycles. The zero-order chi connectivity index (χ0) is 26.8. The summed E-state index contributed by atoms with van der Waals surface area (Å²) in [5, 5.41) is 9.62. The molecule has 5 rings (SSSR count). The van der Waals surface area contributed by atoms with Gasteiger partial charge in [0.15, 0.2) is 5.17 Å². The second-order valence-corrected chi connectivity index (χ2v) is 10.8. The molecule has 2 unspecified atom stereocenters. The number of nitrogens with zero attached hydrogens (tertiary/aromatic N) is 3. The monoisotopic (exact) mass is 526 g/mol. The van der Waals surface area contributed by atoms with Gasteiger partial charge in [0.2, 0.25) is 5.91 Å². The van der Waals surface area contributed by atoms with Gasteiger partial charge in [-0.25, -0.2) is 5.01 Å². The molecule has 0 spiro atoms. The Morgan fingerprint density at radius 1 is 1.03 bits per heavy atom. The van der Waals surface area contributed by atoms with Crippen LogP contribution in [0.3, 0.4) is 0 Å². The smallest absolute Gasteiger partial charge is 0.262 e. The standard InChI is InChI=1S/C30H30N4O3S/c1-18-5-8-21(9-6-18)25-16-26(22-10-12-23(37-4)13-11-22)34(33-25)30-32-29(36)27(38-30)17-28(35)31-24-14-7-19(2)15-20(24)3/h5-15,26-27H,16-17H2,1-4H3,(H,31,35). The van der Waals surface area contributed by atoms with Crippen LogP contribution in [0.1, 0.15) is 46.7 Å². The Bertz CT molecular complexity index is 1430. The molecular weight excluding hydrogens is 496 g/mol. The third-order valence-electron chi connectivity index (χ3n) is 6.75. The average Bonchev–Trinajstić information content (AvgIpc) is 3.50. The maximum Gasteiger partial charge on any atom is 0.262 e. The fourth-order valence-electron chi connectivity index (χ4n) is 4.62. The van der Waals surface area contributed by atoms with Crippen LogP contribution in [-0.4, -0.2) is 40.1 Å². The molecule has 0 radical (unpaired) electrons. The quantitative estimate of drug-likeness (QED) is 0.439. The second-order valence-electron chi connectivity index (χ2n) is 9.66. The van der Waals surface area contributed by atoms with Crippen LogP contribution in [0.5, 0.6) is 5.75 Å². The van der Waals surface area contributed by atoms with Crippen LogP contribution in [0.25, 0.3) is 0 Å². The normalized spacial score (nSPS) is 18.8. The molecule has 1 N–H and O–H groups in total.